The van der Waals surface area contributed by atoms with Gasteiger partial charge in [-0.1, -0.05) is 89.3 Å². The summed E-state index contributed by atoms with van der Waals surface area (Å²) in [5, 5.41) is 0. The Kier molecular flexibility index (Phi) is 3.24. The highest BCUT2D eigenvalue weighted by Gasteiger charge is 2.51. The molecule has 3 heterocycles. The van der Waals surface area contributed by atoms with Crippen LogP contribution in [0.3, 0.4) is 0 Å². The molecule has 2 bridgehead atoms. The van der Waals surface area contributed by atoms with Gasteiger partial charge in [0.1, 0.15) is 0 Å². The lowest BCUT2D eigenvalue weighted by Gasteiger charge is -2.55. The van der Waals surface area contributed by atoms with Crippen LogP contribution in [0.5, 0.6) is 0 Å². The summed E-state index contributed by atoms with van der Waals surface area (Å²) in [4.78, 5) is 2.57. The number of fused-ring (bicyclic) bond motifs is 1. The van der Waals surface area contributed by atoms with Crippen LogP contribution in [0, 0.1) is 0 Å². The maximum absolute atomic E-state index is 2.57. The van der Waals surface area contributed by atoms with Crippen LogP contribution in [-0.2, 0) is 5.41 Å². The van der Waals surface area contributed by atoms with E-state index < -0.39 is 0 Å². The minimum Gasteiger partial charge on any atom is -0.337 e. The molecule has 1 atom stereocenters. The molecule has 0 saturated heterocycles. The smallest absolute Gasteiger partial charge is 0.0512 e. The van der Waals surface area contributed by atoms with E-state index in [9.17, 15) is 0 Å². The second-order valence-electron chi connectivity index (χ2n) is 6.69. The van der Waals surface area contributed by atoms with Crippen LogP contribution in [0.15, 0.2) is 78.9 Å². The molecule has 0 spiro atoms. The van der Waals surface area contributed by atoms with E-state index in [1.807, 2.05) is 0 Å². The van der Waals surface area contributed by atoms with Gasteiger partial charge in [0.25, 0.3) is 0 Å². The maximum Gasteiger partial charge on any atom is 0.0512 e. The van der Waals surface area contributed by atoms with Crippen molar-refractivity contribution in [2.75, 3.05) is 9.33 Å². The zero-order valence-corrected chi connectivity index (χ0v) is 15.5. The topological polar surface area (TPSA) is 3.24 Å². The van der Waals surface area contributed by atoms with E-state index in [-0.39, 0.29) is 5.41 Å². The number of nitrogens with zero attached hydrogens (tertiary/aromatic N) is 1. The van der Waals surface area contributed by atoms with Crippen molar-refractivity contribution in [1.82, 2.24) is 0 Å². The number of para-hydroxylation sites is 2. The van der Waals surface area contributed by atoms with E-state index >= 15 is 0 Å². The fourth-order valence-electron chi connectivity index (χ4n) is 4.70. The van der Waals surface area contributed by atoms with Crippen molar-refractivity contribution in [2.45, 2.75) is 17.9 Å². The van der Waals surface area contributed by atoms with E-state index in [1.54, 1.807) is 0 Å². The molecule has 2 heteroatoms. The van der Waals surface area contributed by atoms with E-state index in [2.05, 4.69) is 106 Å². The molecule has 6 rings (SSSR count). The molecule has 3 aromatic carbocycles. The molecule has 3 aliphatic heterocycles. The Labute approximate surface area is 156 Å². The molecule has 1 unspecified atom stereocenters. The van der Waals surface area contributed by atoms with Crippen LogP contribution in [-0.4, -0.2) is 10.5 Å². The molecule has 0 radical (unpaired) electrons. The number of hydrogen-bond donors (Lipinski definition) is 0. The van der Waals surface area contributed by atoms with Crippen molar-refractivity contribution in [3.05, 3.63) is 95.6 Å². The van der Waals surface area contributed by atoms with E-state index in [0.717, 1.165) is 10.8 Å². The standard InChI is InChI=1S/C22H18IN/c23-15-17-14-22(16-8-2-1-3-9-16)18-10-4-6-12-20(18)24(17)21-13-7-5-11-19(21)22/h1-13,17H,14-15H2. The highest BCUT2D eigenvalue weighted by atomic mass is 127. The second-order valence-corrected chi connectivity index (χ2v) is 7.57. The zero-order valence-electron chi connectivity index (χ0n) is 13.3. The third kappa shape index (κ3) is 1.75. The van der Waals surface area contributed by atoms with E-state index in [4.69, 9.17) is 0 Å². The van der Waals surface area contributed by atoms with Crippen LogP contribution >= 0.6 is 22.6 Å². The summed E-state index contributed by atoms with van der Waals surface area (Å²) in [6.45, 7) is 0. The summed E-state index contributed by atoms with van der Waals surface area (Å²) in [7, 11) is 0. The van der Waals surface area contributed by atoms with Crippen molar-refractivity contribution in [2.24, 2.45) is 0 Å². The minimum absolute atomic E-state index is 0.0287. The van der Waals surface area contributed by atoms with Gasteiger partial charge in [-0.25, -0.2) is 0 Å². The second kappa shape index (κ2) is 5.35. The molecular formula is C22H18IN. The Morgan fingerprint density at radius 1 is 0.792 bits per heavy atom. The summed E-state index contributed by atoms with van der Waals surface area (Å²) in [6, 6.07) is 29.6. The predicted molar refractivity (Wildman–Crippen MR) is 109 cm³/mol. The Morgan fingerprint density at radius 3 is 1.92 bits per heavy atom. The lowest BCUT2D eigenvalue weighted by molar-refractivity contribution is 0.450. The Bertz CT molecular complexity index is 855. The summed E-state index contributed by atoms with van der Waals surface area (Å²) < 4.78 is 1.13. The van der Waals surface area contributed by atoms with Gasteiger partial charge in [-0.3, -0.25) is 0 Å². The van der Waals surface area contributed by atoms with Gasteiger partial charge in [0.05, 0.1) is 5.41 Å². The van der Waals surface area contributed by atoms with Crippen LogP contribution < -0.4 is 4.90 Å². The summed E-state index contributed by atoms with van der Waals surface area (Å²) in [5.74, 6) is 0. The van der Waals surface area contributed by atoms with Gasteiger partial charge < -0.3 is 4.90 Å². The van der Waals surface area contributed by atoms with Crippen LogP contribution in [0.25, 0.3) is 0 Å². The molecule has 3 aromatic rings. The molecule has 0 aliphatic carbocycles. The molecule has 118 valence electrons. The molecule has 0 fully saturated rings. The molecular weight excluding hydrogens is 405 g/mol. The molecule has 0 aromatic heterocycles. The van der Waals surface area contributed by atoms with Crippen molar-refractivity contribution < 1.29 is 0 Å². The fourth-order valence-corrected chi connectivity index (χ4v) is 5.40. The van der Waals surface area contributed by atoms with Gasteiger partial charge in [-0.15, -0.1) is 0 Å². The molecule has 0 N–H and O–H groups in total. The number of rotatable bonds is 2. The number of anilines is 2. The van der Waals surface area contributed by atoms with Gasteiger partial charge in [-0.05, 0) is 35.2 Å². The van der Waals surface area contributed by atoms with Crippen LogP contribution in [0.4, 0.5) is 11.4 Å². The minimum atomic E-state index is -0.0287. The zero-order chi connectivity index (χ0) is 16.1. The van der Waals surface area contributed by atoms with Crippen molar-refractivity contribution >= 4 is 34.0 Å². The normalized spacial score (nSPS) is 23.7. The molecule has 1 nitrogen and oxygen atoms in total. The van der Waals surface area contributed by atoms with Gasteiger partial charge in [0.15, 0.2) is 0 Å². The summed E-state index contributed by atoms with van der Waals surface area (Å²) in [5.41, 5.74) is 7.06. The number of alkyl halides is 1. The number of halogens is 1. The first kappa shape index (κ1) is 14.5. The quantitative estimate of drug-likeness (QED) is 0.379. The third-order valence-corrected chi connectivity index (χ3v) is 6.62. The van der Waals surface area contributed by atoms with E-state index in [1.165, 1.54) is 28.1 Å². The van der Waals surface area contributed by atoms with Gasteiger partial charge in [0.2, 0.25) is 0 Å². The van der Waals surface area contributed by atoms with Crippen LogP contribution in [0.1, 0.15) is 23.1 Å². The lowest BCUT2D eigenvalue weighted by Crippen LogP contribution is -2.52. The van der Waals surface area contributed by atoms with Crippen molar-refractivity contribution in [3.8, 4) is 0 Å². The van der Waals surface area contributed by atoms with Gasteiger partial charge in [-0.2, -0.15) is 0 Å². The Morgan fingerprint density at radius 2 is 1.33 bits per heavy atom. The monoisotopic (exact) mass is 423 g/mol. The molecule has 0 amide bonds. The summed E-state index contributed by atoms with van der Waals surface area (Å²) >= 11 is 2.55. The highest BCUT2D eigenvalue weighted by Crippen LogP contribution is 2.59. The molecule has 0 saturated carbocycles. The van der Waals surface area contributed by atoms with Gasteiger partial charge >= 0.3 is 0 Å². The van der Waals surface area contributed by atoms with E-state index in [0.29, 0.717) is 6.04 Å². The third-order valence-electron chi connectivity index (χ3n) is 5.60. The van der Waals surface area contributed by atoms with Crippen molar-refractivity contribution in [1.29, 1.82) is 0 Å². The Hall–Kier alpha value is -1.81. The Balaban J connectivity index is 1.92. The predicted octanol–water partition coefficient (Wildman–Crippen LogP) is 5.68. The van der Waals surface area contributed by atoms with Crippen molar-refractivity contribution in [3.63, 3.8) is 0 Å². The summed E-state index contributed by atoms with van der Waals surface area (Å²) in [6.07, 6.45) is 1.15. The number of benzene rings is 3. The SMILES string of the molecule is ICC1CC2(c3ccccc3)c3ccccc3N1c1ccccc12. The molecule has 3 aliphatic rings. The maximum atomic E-state index is 2.57. The highest BCUT2D eigenvalue weighted by molar-refractivity contribution is 14.1. The fraction of sp³-hybridized carbons (Fsp3) is 0.182. The van der Waals surface area contributed by atoms with Gasteiger partial charge in [0, 0.05) is 21.8 Å². The number of hydrogen-bond acceptors (Lipinski definition) is 1. The first-order valence-electron chi connectivity index (χ1n) is 8.46. The first-order valence-corrected chi connectivity index (χ1v) is 9.98. The largest absolute Gasteiger partial charge is 0.337 e. The molecule has 24 heavy (non-hydrogen) atoms. The average molecular weight is 423 g/mol. The van der Waals surface area contributed by atoms with Crippen LogP contribution in [0.2, 0.25) is 0 Å². The average Bonchev–Trinajstić information content (AvgIpc) is 2.68. The first-order chi connectivity index (χ1) is 11.9. The lowest BCUT2D eigenvalue weighted by atomic mass is 9.60.